The number of fused-ring (bicyclic) bond motifs is 1. The highest BCUT2D eigenvalue weighted by molar-refractivity contribution is 5.83. The zero-order valence-corrected chi connectivity index (χ0v) is 11.0. The Morgan fingerprint density at radius 3 is 3.00 bits per heavy atom. The predicted molar refractivity (Wildman–Crippen MR) is 70.1 cm³/mol. The van der Waals surface area contributed by atoms with Crippen molar-refractivity contribution in [3.63, 3.8) is 0 Å². The first-order valence-electron chi connectivity index (χ1n) is 6.65. The highest BCUT2D eigenvalue weighted by Gasteiger charge is 2.24. The SMILES string of the molecule is O=C1CCC(C(=O)NCc2ccc3c(c2)OCO3)CN1. The molecule has 6 heteroatoms. The zero-order valence-electron chi connectivity index (χ0n) is 11.0. The Bertz CT molecular complexity index is 534. The minimum Gasteiger partial charge on any atom is -0.454 e. The van der Waals surface area contributed by atoms with E-state index in [1.165, 1.54) is 0 Å². The van der Waals surface area contributed by atoms with Gasteiger partial charge in [0.25, 0.3) is 0 Å². The maximum absolute atomic E-state index is 12.0. The first kappa shape index (κ1) is 12.8. The number of rotatable bonds is 3. The molecule has 2 N–H and O–H groups in total. The average Bonchev–Trinajstić information content (AvgIpc) is 2.93. The van der Waals surface area contributed by atoms with Crippen molar-refractivity contribution in [2.24, 2.45) is 5.92 Å². The molecule has 0 aromatic heterocycles. The van der Waals surface area contributed by atoms with Crippen molar-refractivity contribution in [1.29, 1.82) is 0 Å². The van der Waals surface area contributed by atoms with Crippen LogP contribution in [0.1, 0.15) is 18.4 Å². The van der Waals surface area contributed by atoms with E-state index in [-0.39, 0.29) is 24.5 Å². The van der Waals surface area contributed by atoms with Crippen LogP contribution >= 0.6 is 0 Å². The van der Waals surface area contributed by atoms with Crippen molar-refractivity contribution >= 4 is 11.8 Å². The molecule has 2 aliphatic heterocycles. The number of piperidine rings is 1. The molecule has 2 aliphatic rings. The first-order chi connectivity index (χ1) is 9.72. The lowest BCUT2D eigenvalue weighted by Crippen LogP contribution is -2.42. The molecule has 2 heterocycles. The summed E-state index contributed by atoms with van der Waals surface area (Å²) < 4.78 is 10.5. The quantitative estimate of drug-likeness (QED) is 0.845. The second-order valence-electron chi connectivity index (χ2n) is 4.95. The third-order valence-corrected chi connectivity index (χ3v) is 3.54. The summed E-state index contributed by atoms with van der Waals surface area (Å²) in [4.78, 5) is 23.0. The Hall–Kier alpha value is -2.24. The van der Waals surface area contributed by atoms with E-state index >= 15 is 0 Å². The third kappa shape index (κ3) is 2.68. The largest absolute Gasteiger partial charge is 0.454 e. The normalized spacial score (nSPS) is 20.4. The molecule has 1 unspecified atom stereocenters. The van der Waals surface area contributed by atoms with Crippen molar-refractivity contribution in [2.45, 2.75) is 19.4 Å². The fourth-order valence-corrected chi connectivity index (χ4v) is 2.34. The van der Waals surface area contributed by atoms with E-state index in [9.17, 15) is 9.59 Å². The van der Waals surface area contributed by atoms with E-state index in [0.717, 1.165) is 11.3 Å². The predicted octanol–water partition coefficient (Wildman–Crippen LogP) is 0.558. The molecule has 0 radical (unpaired) electrons. The van der Waals surface area contributed by atoms with Crippen molar-refractivity contribution in [3.8, 4) is 11.5 Å². The number of hydrogen-bond acceptors (Lipinski definition) is 4. The molecule has 6 nitrogen and oxygen atoms in total. The van der Waals surface area contributed by atoms with Crippen LogP contribution in [0.15, 0.2) is 18.2 Å². The molecule has 0 saturated carbocycles. The van der Waals surface area contributed by atoms with Gasteiger partial charge in [-0.15, -0.1) is 0 Å². The van der Waals surface area contributed by atoms with Crippen molar-refractivity contribution in [3.05, 3.63) is 23.8 Å². The van der Waals surface area contributed by atoms with Crippen LogP contribution in [0.5, 0.6) is 11.5 Å². The molecular weight excluding hydrogens is 260 g/mol. The lowest BCUT2D eigenvalue weighted by atomic mass is 9.98. The third-order valence-electron chi connectivity index (χ3n) is 3.54. The van der Waals surface area contributed by atoms with Crippen LogP contribution in [0.3, 0.4) is 0 Å². The molecule has 1 saturated heterocycles. The van der Waals surface area contributed by atoms with Crippen molar-refractivity contribution in [2.75, 3.05) is 13.3 Å². The molecule has 1 fully saturated rings. The minimum absolute atomic E-state index is 0.0184. The van der Waals surface area contributed by atoms with E-state index in [2.05, 4.69) is 10.6 Å². The number of hydrogen-bond donors (Lipinski definition) is 2. The second kappa shape index (κ2) is 5.40. The van der Waals surface area contributed by atoms with Crippen LogP contribution in [-0.4, -0.2) is 25.2 Å². The molecule has 20 heavy (non-hydrogen) atoms. The maximum atomic E-state index is 12.0. The lowest BCUT2D eigenvalue weighted by molar-refractivity contribution is -0.129. The van der Waals surface area contributed by atoms with E-state index in [1.807, 2.05) is 18.2 Å². The van der Waals surface area contributed by atoms with Gasteiger partial charge in [0.05, 0.1) is 5.92 Å². The van der Waals surface area contributed by atoms with Gasteiger partial charge in [0, 0.05) is 19.5 Å². The molecule has 2 amide bonds. The maximum Gasteiger partial charge on any atom is 0.231 e. The Morgan fingerprint density at radius 1 is 1.35 bits per heavy atom. The van der Waals surface area contributed by atoms with Gasteiger partial charge in [0.1, 0.15) is 0 Å². The van der Waals surface area contributed by atoms with Gasteiger partial charge in [-0.25, -0.2) is 0 Å². The molecule has 1 aromatic carbocycles. The molecule has 106 valence electrons. The molecule has 3 rings (SSSR count). The van der Waals surface area contributed by atoms with Gasteiger partial charge in [-0.2, -0.15) is 0 Å². The Balaban J connectivity index is 1.54. The van der Waals surface area contributed by atoms with Gasteiger partial charge >= 0.3 is 0 Å². The van der Waals surface area contributed by atoms with Crippen LogP contribution in [0.25, 0.3) is 0 Å². The summed E-state index contributed by atoms with van der Waals surface area (Å²) in [5, 5.41) is 5.60. The average molecular weight is 276 g/mol. The summed E-state index contributed by atoms with van der Waals surface area (Å²) in [6, 6.07) is 5.60. The fraction of sp³-hybridized carbons (Fsp3) is 0.429. The zero-order chi connectivity index (χ0) is 13.9. The van der Waals surface area contributed by atoms with E-state index in [0.29, 0.717) is 31.7 Å². The van der Waals surface area contributed by atoms with Gasteiger partial charge in [0.2, 0.25) is 18.6 Å². The van der Waals surface area contributed by atoms with Crippen molar-refractivity contribution in [1.82, 2.24) is 10.6 Å². The molecule has 0 aliphatic carbocycles. The van der Waals surface area contributed by atoms with Gasteiger partial charge in [0.15, 0.2) is 11.5 Å². The number of carbonyl (C=O) groups is 2. The standard InChI is InChI=1S/C14H16N2O4/c17-13-4-2-10(7-15-13)14(18)16-6-9-1-3-11-12(5-9)20-8-19-11/h1,3,5,10H,2,4,6-8H2,(H,15,17)(H,16,18). The van der Waals surface area contributed by atoms with Crippen LogP contribution in [0, 0.1) is 5.92 Å². The topological polar surface area (TPSA) is 76.7 Å². The van der Waals surface area contributed by atoms with E-state index < -0.39 is 0 Å². The Kier molecular flexibility index (Phi) is 3.45. The second-order valence-corrected chi connectivity index (χ2v) is 4.95. The minimum atomic E-state index is -0.137. The fourth-order valence-electron chi connectivity index (χ4n) is 2.34. The number of carbonyl (C=O) groups excluding carboxylic acids is 2. The van der Waals surface area contributed by atoms with Gasteiger partial charge in [-0.1, -0.05) is 6.07 Å². The summed E-state index contributed by atoms with van der Waals surface area (Å²) in [6.07, 6.45) is 1.03. The van der Waals surface area contributed by atoms with Gasteiger partial charge < -0.3 is 20.1 Å². The highest BCUT2D eigenvalue weighted by Crippen LogP contribution is 2.32. The van der Waals surface area contributed by atoms with Crippen molar-refractivity contribution < 1.29 is 19.1 Å². The summed E-state index contributed by atoms with van der Waals surface area (Å²) in [5.41, 5.74) is 0.961. The monoisotopic (exact) mass is 276 g/mol. The van der Waals surface area contributed by atoms with Crippen LogP contribution in [0.2, 0.25) is 0 Å². The molecule has 0 bridgehead atoms. The first-order valence-corrected chi connectivity index (χ1v) is 6.65. The Morgan fingerprint density at radius 2 is 2.20 bits per heavy atom. The number of benzene rings is 1. The van der Waals surface area contributed by atoms with Gasteiger partial charge in [-0.3, -0.25) is 9.59 Å². The van der Waals surface area contributed by atoms with E-state index in [1.54, 1.807) is 0 Å². The van der Waals surface area contributed by atoms with Crippen LogP contribution in [0.4, 0.5) is 0 Å². The Labute approximate surface area is 116 Å². The lowest BCUT2D eigenvalue weighted by Gasteiger charge is -2.21. The van der Waals surface area contributed by atoms with Crippen LogP contribution in [-0.2, 0) is 16.1 Å². The molecular formula is C14H16N2O4. The van der Waals surface area contributed by atoms with E-state index in [4.69, 9.17) is 9.47 Å². The number of amides is 2. The van der Waals surface area contributed by atoms with Crippen LogP contribution < -0.4 is 20.1 Å². The van der Waals surface area contributed by atoms with Gasteiger partial charge in [-0.05, 0) is 24.1 Å². The summed E-state index contributed by atoms with van der Waals surface area (Å²) in [6.45, 7) is 1.11. The highest BCUT2D eigenvalue weighted by atomic mass is 16.7. The summed E-state index contributed by atoms with van der Waals surface area (Å²) in [5.74, 6) is 1.30. The number of ether oxygens (including phenoxy) is 2. The smallest absolute Gasteiger partial charge is 0.231 e. The molecule has 0 spiro atoms. The molecule has 1 atom stereocenters. The molecule has 1 aromatic rings. The summed E-state index contributed by atoms with van der Waals surface area (Å²) >= 11 is 0. The summed E-state index contributed by atoms with van der Waals surface area (Å²) in [7, 11) is 0. The number of nitrogens with one attached hydrogen (secondary N) is 2.